The first-order valence-electron chi connectivity index (χ1n) is 6.34. The van der Waals surface area contributed by atoms with Crippen LogP contribution in [0.3, 0.4) is 0 Å². The van der Waals surface area contributed by atoms with Gasteiger partial charge in [-0.15, -0.1) is 0 Å². The van der Waals surface area contributed by atoms with E-state index in [1.54, 1.807) is 0 Å². The van der Waals surface area contributed by atoms with Crippen LogP contribution < -0.4 is 0 Å². The molecule has 2 nitrogen and oxygen atoms in total. The van der Waals surface area contributed by atoms with Crippen molar-refractivity contribution in [3.8, 4) is 11.5 Å². The monoisotopic (exact) mass is 238 g/mol. The quantitative estimate of drug-likeness (QED) is 0.542. The summed E-state index contributed by atoms with van der Waals surface area (Å²) in [6, 6.07) is 5.77. The molecular weight excluding hydrogens is 224 g/mol. The highest BCUT2D eigenvalue weighted by Crippen LogP contribution is 2.57. The van der Waals surface area contributed by atoms with Gasteiger partial charge in [-0.25, -0.2) is 0 Å². The summed E-state index contributed by atoms with van der Waals surface area (Å²) >= 11 is 0. The van der Waals surface area contributed by atoms with E-state index in [1.165, 1.54) is 0 Å². The Bertz CT molecular complexity index is 713. The number of phenols is 2. The van der Waals surface area contributed by atoms with Crippen LogP contribution in [0.4, 0.5) is 0 Å². The number of hydrogen-bond acceptors (Lipinski definition) is 2. The van der Waals surface area contributed by atoms with Gasteiger partial charge in [-0.2, -0.15) is 0 Å². The Morgan fingerprint density at radius 2 is 1.67 bits per heavy atom. The second kappa shape index (κ2) is 3.08. The number of benzene rings is 2. The molecule has 2 bridgehead atoms. The van der Waals surface area contributed by atoms with Crippen molar-refractivity contribution in [2.24, 2.45) is 0 Å². The molecular formula is C16H14O2. The van der Waals surface area contributed by atoms with Crippen LogP contribution in [0.5, 0.6) is 11.5 Å². The van der Waals surface area contributed by atoms with Gasteiger partial charge in [-0.05, 0) is 18.9 Å². The molecule has 2 atom stereocenters. The van der Waals surface area contributed by atoms with Crippen molar-refractivity contribution in [3.05, 3.63) is 47.0 Å². The minimum absolute atomic E-state index is 0.278. The summed E-state index contributed by atoms with van der Waals surface area (Å²) in [4.78, 5) is 0. The molecule has 2 N–H and O–H groups in total. The second-order valence-corrected chi connectivity index (χ2v) is 5.36. The number of rotatable bonds is 0. The van der Waals surface area contributed by atoms with Gasteiger partial charge in [0.2, 0.25) is 0 Å². The minimum atomic E-state index is 0.278. The normalized spacial score (nSPS) is 23.8. The number of aromatic hydroxyl groups is 2. The van der Waals surface area contributed by atoms with Crippen LogP contribution in [-0.4, -0.2) is 10.2 Å². The van der Waals surface area contributed by atoms with E-state index in [1.807, 2.05) is 25.1 Å². The summed E-state index contributed by atoms with van der Waals surface area (Å²) in [5.41, 5.74) is 2.90. The van der Waals surface area contributed by atoms with E-state index in [0.717, 1.165) is 33.9 Å². The second-order valence-electron chi connectivity index (χ2n) is 5.36. The minimum Gasteiger partial charge on any atom is -0.507 e. The van der Waals surface area contributed by atoms with Gasteiger partial charge in [-0.1, -0.05) is 30.4 Å². The first-order chi connectivity index (χ1) is 8.68. The molecule has 0 aliphatic heterocycles. The molecule has 0 aromatic heterocycles. The molecule has 4 rings (SSSR count). The van der Waals surface area contributed by atoms with Gasteiger partial charge >= 0.3 is 0 Å². The molecule has 0 spiro atoms. The molecule has 2 heteroatoms. The van der Waals surface area contributed by atoms with Crippen LogP contribution in [0.2, 0.25) is 0 Å². The molecule has 18 heavy (non-hydrogen) atoms. The van der Waals surface area contributed by atoms with Gasteiger partial charge in [0.1, 0.15) is 11.5 Å². The topological polar surface area (TPSA) is 40.5 Å². The summed E-state index contributed by atoms with van der Waals surface area (Å²) in [6.45, 7) is 1.97. The highest BCUT2D eigenvalue weighted by atomic mass is 16.3. The Balaban J connectivity index is 2.22. The zero-order valence-electron chi connectivity index (χ0n) is 10.1. The molecule has 90 valence electrons. The summed E-state index contributed by atoms with van der Waals surface area (Å²) in [6.07, 6.45) is 5.29. The van der Waals surface area contributed by atoms with Crippen molar-refractivity contribution in [1.29, 1.82) is 0 Å². The van der Waals surface area contributed by atoms with Gasteiger partial charge in [-0.3, -0.25) is 0 Å². The lowest BCUT2D eigenvalue weighted by Gasteiger charge is -2.18. The van der Waals surface area contributed by atoms with Crippen LogP contribution in [0, 0.1) is 6.92 Å². The molecule has 2 aliphatic carbocycles. The maximum absolute atomic E-state index is 10.6. The van der Waals surface area contributed by atoms with Crippen LogP contribution >= 0.6 is 0 Å². The highest BCUT2D eigenvalue weighted by molar-refractivity contribution is 5.98. The molecule has 0 radical (unpaired) electrons. The first-order valence-corrected chi connectivity index (χ1v) is 6.34. The summed E-state index contributed by atoms with van der Waals surface area (Å²) < 4.78 is 0. The lowest BCUT2D eigenvalue weighted by atomic mass is 9.89. The van der Waals surface area contributed by atoms with E-state index < -0.39 is 0 Å². The van der Waals surface area contributed by atoms with Gasteiger partial charge in [0.15, 0.2) is 0 Å². The van der Waals surface area contributed by atoms with Crippen LogP contribution in [0.15, 0.2) is 30.4 Å². The van der Waals surface area contributed by atoms with E-state index in [9.17, 15) is 10.2 Å². The standard InChI is InChI=1S/C16H14O2/c1-8-3-2-4-11-12(8)16(18)14-10-6-5-9(7-10)13(14)15(11)17/h2-6,9-10,17-18H,7H2,1H3. The van der Waals surface area contributed by atoms with Crippen LogP contribution in [0.25, 0.3) is 10.8 Å². The van der Waals surface area contributed by atoms with E-state index in [0.29, 0.717) is 11.5 Å². The van der Waals surface area contributed by atoms with Crippen LogP contribution in [0.1, 0.15) is 34.9 Å². The predicted octanol–water partition coefficient (Wildman–Crippen LogP) is 3.70. The van der Waals surface area contributed by atoms with Crippen molar-refractivity contribution < 1.29 is 10.2 Å². The third kappa shape index (κ3) is 0.993. The average Bonchev–Trinajstić information content (AvgIpc) is 2.96. The lowest BCUT2D eigenvalue weighted by Crippen LogP contribution is -1.96. The number of allylic oxidation sites excluding steroid dienone is 2. The molecule has 2 aliphatic rings. The maximum atomic E-state index is 10.6. The summed E-state index contributed by atoms with van der Waals surface area (Å²) in [5.74, 6) is 1.28. The van der Waals surface area contributed by atoms with Crippen molar-refractivity contribution in [2.75, 3.05) is 0 Å². The Morgan fingerprint density at radius 1 is 1.00 bits per heavy atom. The molecule has 0 fully saturated rings. The molecule has 2 unspecified atom stereocenters. The molecule has 2 aromatic carbocycles. The SMILES string of the molecule is Cc1cccc2c(O)c3c(c(O)c12)C1C=CC3C1. The zero-order valence-corrected chi connectivity index (χ0v) is 10.1. The van der Waals surface area contributed by atoms with Gasteiger partial charge in [0.05, 0.1) is 0 Å². The summed E-state index contributed by atoms with van der Waals surface area (Å²) in [5, 5.41) is 22.6. The summed E-state index contributed by atoms with van der Waals surface area (Å²) in [7, 11) is 0. The smallest absolute Gasteiger partial charge is 0.128 e. The third-order valence-corrected chi connectivity index (χ3v) is 4.39. The predicted molar refractivity (Wildman–Crippen MR) is 71.3 cm³/mol. The molecule has 0 saturated heterocycles. The Labute approximate surface area is 105 Å². The lowest BCUT2D eigenvalue weighted by molar-refractivity contribution is 0.460. The Morgan fingerprint density at radius 3 is 2.39 bits per heavy atom. The van der Waals surface area contributed by atoms with Gasteiger partial charge in [0, 0.05) is 33.7 Å². The molecule has 0 amide bonds. The molecule has 0 heterocycles. The number of fused-ring (bicyclic) bond motifs is 6. The van der Waals surface area contributed by atoms with E-state index in [2.05, 4.69) is 12.2 Å². The highest BCUT2D eigenvalue weighted by Gasteiger charge is 2.38. The van der Waals surface area contributed by atoms with Crippen molar-refractivity contribution >= 4 is 10.8 Å². The number of hydrogen-bond donors (Lipinski definition) is 2. The fourth-order valence-corrected chi connectivity index (χ4v) is 3.59. The number of aryl methyl sites for hydroxylation is 1. The van der Waals surface area contributed by atoms with Crippen molar-refractivity contribution in [1.82, 2.24) is 0 Å². The van der Waals surface area contributed by atoms with E-state index >= 15 is 0 Å². The first kappa shape index (κ1) is 10.0. The van der Waals surface area contributed by atoms with Gasteiger partial charge in [0.25, 0.3) is 0 Å². The zero-order chi connectivity index (χ0) is 12.4. The number of phenolic OH excluding ortho intramolecular Hbond substituents is 2. The maximum Gasteiger partial charge on any atom is 0.128 e. The largest absolute Gasteiger partial charge is 0.507 e. The average molecular weight is 238 g/mol. The van der Waals surface area contributed by atoms with Gasteiger partial charge < -0.3 is 10.2 Å². The van der Waals surface area contributed by atoms with E-state index in [4.69, 9.17) is 0 Å². The fourth-order valence-electron chi connectivity index (χ4n) is 3.59. The Hall–Kier alpha value is -1.96. The van der Waals surface area contributed by atoms with Crippen molar-refractivity contribution in [3.63, 3.8) is 0 Å². The fraction of sp³-hybridized carbons (Fsp3) is 0.250. The van der Waals surface area contributed by atoms with Crippen molar-refractivity contribution in [2.45, 2.75) is 25.2 Å². The Kier molecular flexibility index (Phi) is 1.71. The van der Waals surface area contributed by atoms with E-state index in [-0.39, 0.29) is 11.8 Å². The third-order valence-electron chi connectivity index (χ3n) is 4.39. The molecule has 2 aromatic rings. The van der Waals surface area contributed by atoms with Crippen LogP contribution in [-0.2, 0) is 0 Å². The molecule has 0 saturated carbocycles.